The zero-order chi connectivity index (χ0) is 20.7. The molecule has 1 fully saturated rings. The molecule has 0 radical (unpaired) electrons. The molecule has 0 bridgehead atoms. The van der Waals surface area contributed by atoms with Crippen LogP contribution in [0.15, 0.2) is 39.7 Å². The van der Waals surface area contributed by atoms with Crippen LogP contribution in [0, 0.1) is 20.8 Å². The Morgan fingerprint density at radius 2 is 1.79 bits per heavy atom. The van der Waals surface area contributed by atoms with Gasteiger partial charge in [-0.1, -0.05) is 12.1 Å². The van der Waals surface area contributed by atoms with E-state index in [0.717, 1.165) is 13.1 Å². The smallest absolute Gasteiger partial charge is 0.262 e. The summed E-state index contributed by atoms with van der Waals surface area (Å²) in [6, 6.07) is 8.10. The summed E-state index contributed by atoms with van der Waals surface area (Å²) in [5, 5.41) is 0.397. The molecule has 3 heterocycles. The highest BCUT2D eigenvalue weighted by Crippen LogP contribution is 2.27. The minimum absolute atomic E-state index is 0.118. The Hall–Kier alpha value is -3.02. The van der Waals surface area contributed by atoms with Crippen LogP contribution in [0.1, 0.15) is 34.2 Å². The molecular formula is C23H27N3O3. The van der Waals surface area contributed by atoms with Crippen molar-refractivity contribution in [2.75, 3.05) is 31.1 Å². The van der Waals surface area contributed by atoms with E-state index in [-0.39, 0.29) is 11.5 Å². The van der Waals surface area contributed by atoms with Crippen molar-refractivity contribution in [2.45, 2.75) is 34.2 Å². The number of anilines is 1. The number of aromatic nitrogens is 1. The first-order valence-electron chi connectivity index (χ1n) is 10.1. The quantitative estimate of drug-likeness (QED) is 0.683. The fraction of sp³-hybridized carbons (Fsp3) is 0.391. The molecule has 1 aromatic carbocycles. The molecule has 1 aliphatic rings. The zero-order valence-electron chi connectivity index (χ0n) is 17.5. The third-order valence-electron chi connectivity index (χ3n) is 6.03. The van der Waals surface area contributed by atoms with E-state index in [1.54, 1.807) is 23.8 Å². The van der Waals surface area contributed by atoms with Crippen LogP contribution >= 0.6 is 0 Å². The normalized spacial score (nSPS) is 14.6. The van der Waals surface area contributed by atoms with Gasteiger partial charge in [-0.25, -0.2) is 0 Å². The van der Waals surface area contributed by atoms with Gasteiger partial charge in [-0.3, -0.25) is 9.59 Å². The third kappa shape index (κ3) is 3.22. The highest BCUT2D eigenvalue weighted by molar-refractivity contribution is 6.07. The number of fused-ring (bicyclic) bond motifs is 1. The minimum Gasteiger partial charge on any atom is -0.460 e. The van der Waals surface area contributed by atoms with E-state index >= 15 is 0 Å². The first kappa shape index (κ1) is 19.3. The molecule has 0 saturated carbocycles. The van der Waals surface area contributed by atoms with Gasteiger partial charge in [0.25, 0.3) is 11.5 Å². The SMILES string of the molecule is CCn1ccc2oc(C)c(C(=O)N3CCN(c4cccc(C)c4C)CC3)c2c1=O. The molecule has 1 aliphatic heterocycles. The number of carbonyl (C=O) groups excluding carboxylic acids is 1. The van der Waals surface area contributed by atoms with E-state index < -0.39 is 0 Å². The topological polar surface area (TPSA) is 58.7 Å². The maximum Gasteiger partial charge on any atom is 0.262 e. The summed E-state index contributed by atoms with van der Waals surface area (Å²) in [5.74, 6) is 0.390. The van der Waals surface area contributed by atoms with Gasteiger partial charge in [0.05, 0.1) is 10.9 Å². The number of furan rings is 1. The van der Waals surface area contributed by atoms with Crippen LogP contribution in [-0.4, -0.2) is 41.6 Å². The summed E-state index contributed by atoms with van der Waals surface area (Å²) in [4.78, 5) is 30.3. The maximum atomic E-state index is 13.3. The number of benzene rings is 1. The van der Waals surface area contributed by atoms with Crippen molar-refractivity contribution in [2.24, 2.45) is 0 Å². The molecule has 2 aromatic heterocycles. The number of rotatable bonds is 3. The predicted molar refractivity (Wildman–Crippen MR) is 115 cm³/mol. The molecule has 0 aliphatic carbocycles. The molecule has 0 spiro atoms. The number of piperazine rings is 1. The Bertz CT molecular complexity index is 1130. The maximum absolute atomic E-state index is 13.3. The predicted octanol–water partition coefficient (Wildman–Crippen LogP) is 3.50. The highest BCUT2D eigenvalue weighted by Gasteiger charge is 2.28. The standard InChI is InChI=1S/C23H27N3O3/c1-5-24-10-9-19-21(23(24)28)20(17(4)29-19)22(27)26-13-11-25(12-14-26)18-8-6-7-15(2)16(18)3/h6-10H,5,11-14H2,1-4H3. The molecule has 0 atom stereocenters. The number of amides is 1. The molecule has 0 N–H and O–H groups in total. The van der Waals surface area contributed by atoms with Gasteiger partial charge in [-0.2, -0.15) is 0 Å². The van der Waals surface area contributed by atoms with Gasteiger partial charge in [0.15, 0.2) is 0 Å². The summed E-state index contributed by atoms with van der Waals surface area (Å²) < 4.78 is 7.34. The highest BCUT2D eigenvalue weighted by atomic mass is 16.3. The zero-order valence-corrected chi connectivity index (χ0v) is 17.5. The number of nitrogens with zero attached hydrogens (tertiary/aromatic N) is 3. The molecule has 4 rings (SSSR count). The molecule has 29 heavy (non-hydrogen) atoms. The van der Waals surface area contributed by atoms with Crippen molar-refractivity contribution in [1.82, 2.24) is 9.47 Å². The van der Waals surface area contributed by atoms with Crippen molar-refractivity contribution in [3.05, 3.63) is 63.3 Å². The second kappa shape index (κ2) is 7.43. The van der Waals surface area contributed by atoms with Gasteiger partial charge >= 0.3 is 0 Å². The van der Waals surface area contributed by atoms with Gasteiger partial charge in [0, 0.05) is 44.6 Å². The van der Waals surface area contributed by atoms with E-state index in [0.29, 0.717) is 41.9 Å². The molecular weight excluding hydrogens is 366 g/mol. The van der Waals surface area contributed by atoms with Crippen molar-refractivity contribution < 1.29 is 9.21 Å². The van der Waals surface area contributed by atoms with Crippen LogP contribution < -0.4 is 10.5 Å². The van der Waals surface area contributed by atoms with Crippen molar-refractivity contribution in [1.29, 1.82) is 0 Å². The number of pyridine rings is 1. The van der Waals surface area contributed by atoms with Crippen LogP contribution in [-0.2, 0) is 6.54 Å². The lowest BCUT2D eigenvalue weighted by atomic mass is 10.1. The lowest BCUT2D eigenvalue weighted by Crippen LogP contribution is -2.49. The van der Waals surface area contributed by atoms with Crippen molar-refractivity contribution >= 4 is 22.6 Å². The minimum atomic E-state index is -0.167. The van der Waals surface area contributed by atoms with Gasteiger partial charge < -0.3 is 18.8 Å². The molecule has 6 heteroatoms. The lowest BCUT2D eigenvalue weighted by Gasteiger charge is -2.37. The monoisotopic (exact) mass is 393 g/mol. The number of hydrogen-bond acceptors (Lipinski definition) is 4. The fourth-order valence-electron chi connectivity index (χ4n) is 4.16. The first-order chi connectivity index (χ1) is 13.9. The van der Waals surface area contributed by atoms with Crippen LogP contribution in [0.5, 0.6) is 0 Å². The van der Waals surface area contributed by atoms with Gasteiger partial charge in [-0.05, 0) is 51.0 Å². The van der Waals surface area contributed by atoms with Crippen molar-refractivity contribution in [3.63, 3.8) is 0 Å². The molecule has 1 amide bonds. The Morgan fingerprint density at radius 1 is 1.07 bits per heavy atom. The molecule has 0 unspecified atom stereocenters. The Morgan fingerprint density at radius 3 is 2.48 bits per heavy atom. The summed E-state index contributed by atoms with van der Waals surface area (Å²) in [6.45, 7) is 11.3. The van der Waals surface area contributed by atoms with Crippen LogP contribution in [0.2, 0.25) is 0 Å². The van der Waals surface area contributed by atoms with Crippen LogP contribution in [0.4, 0.5) is 5.69 Å². The molecule has 1 saturated heterocycles. The average molecular weight is 393 g/mol. The number of aryl methyl sites for hydroxylation is 3. The summed E-state index contributed by atoms with van der Waals surface area (Å²) >= 11 is 0. The Kier molecular flexibility index (Phi) is 4.94. The van der Waals surface area contributed by atoms with Crippen LogP contribution in [0.25, 0.3) is 11.0 Å². The molecule has 152 valence electrons. The summed E-state index contributed by atoms with van der Waals surface area (Å²) in [7, 11) is 0. The van der Waals surface area contributed by atoms with E-state index in [9.17, 15) is 9.59 Å². The summed E-state index contributed by atoms with van der Waals surface area (Å²) in [5.41, 5.74) is 4.51. The van der Waals surface area contributed by atoms with E-state index in [4.69, 9.17) is 4.42 Å². The average Bonchev–Trinajstić information content (AvgIpc) is 3.07. The van der Waals surface area contributed by atoms with E-state index in [2.05, 4.69) is 36.9 Å². The Balaban J connectivity index is 1.60. The second-order valence-corrected chi connectivity index (χ2v) is 7.68. The van der Waals surface area contributed by atoms with E-state index in [1.165, 1.54) is 16.8 Å². The van der Waals surface area contributed by atoms with Gasteiger partial charge in [-0.15, -0.1) is 0 Å². The second-order valence-electron chi connectivity index (χ2n) is 7.68. The van der Waals surface area contributed by atoms with Crippen LogP contribution in [0.3, 0.4) is 0 Å². The van der Waals surface area contributed by atoms with Gasteiger partial charge in [0.2, 0.25) is 0 Å². The summed E-state index contributed by atoms with van der Waals surface area (Å²) in [6.07, 6.45) is 1.71. The van der Waals surface area contributed by atoms with E-state index in [1.807, 2.05) is 11.8 Å². The fourth-order valence-corrected chi connectivity index (χ4v) is 4.16. The largest absolute Gasteiger partial charge is 0.460 e. The Labute approximate surface area is 170 Å². The molecule has 6 nitrogen and oxygen atoms in total. The number of carbonyl (C=O) groups is 1. The van der Waals surface area contributed by atoms with Gasteiger partial charge in [0.1, 0.15) is 11.3 Å². The number of hydrogen-bond donors (Lipinski definition) is 0. The van der Waals surface area contributed by atoms with Crippen molar-refractivity contribution in [3.8, 4) is 0 Å². The lowest BCUT2D eigenvalue weighted by molar-refractivity contribution is 0.0746. The third-order valence-corrected chi connectivity index (χ3v) is 6.03. The molecule has 3 aromatic rings. The first-order valence-corrected chi connectivity index (χ1v) is 10.1.